The standard InChI is InChI=1S/C26H22FN5O7/c1-37-19-7-5-4-6-17(19)30-18(15-8-10-16(27)11-9-15)12-29-22-23(28-25(29)30)31(20(13-33)38-2)26(36)32(24(22)35)21(14-34)39-3/h4-14,20-21H,1-3H3. The normalized spacial score (nSPS) is 13.0. The van der Waals surface area contributed by atoms with Crippen molar-refractivity contribution in [2.24, 2.45) is 0 Å². The SMILES string of the molecule is COc1ccccc1-n1c(-c2ccc(F)cc2)cn2c3c(=O)n(C(C=O)OC)c(=O)n(C(C=O)OC)c3nc12. The third-order valence-corrected chi connectivity index (χ3v) is 6.32. The van der Waals surface area contributed by atoms with Crippen molar-refractivity contribution in [1.82, 2.24) is 23.1 Å². The molecule has 0 saturated carbocycles. The predicted molar refractivity (Wildman–Crippen MR) is 137 cm³/mol. The van der Waals surface area contributed by atoms with E-state index in [0.29, 0.717) is 33.5 Å². The summed E-state index contributed by atoms with van der Waals surface area (Å²) in [7, 11) is 3.86. The molecule has 3 aromatic heterocycles. The molecule has 5 rings (SSSR count). The van der Waals surface area contributed by atoms with Crippen LogP contribution >= 0.6 is 0 Å². The molecule has 200 valence electrons. The Hall–Kier alpha value is -4.88. The highest BCUT2D eigenvalue weighted by Crippen LogP contribution is 2.33. The van der Waals surface area contributed by atoms with Gasteiger partial charge in [-0.2, -0.15) is 4.98 Å². The van der Waals surface area contributed by atoms with Crippen molar-refractivity contribution in [3.05, 3.63) is 81.4 Å². The van der Waals surface area contributed by atoms with E-state index in [0.717, 1.165) is 11.7 Å². The second-order valence-corrected chi connectivity index (χ2v) is 8.33. The number of imidazole rings is 2. The number of halogens is 1. The van der Waals surface area contributed by atoms with Crippen LogP contribution in [0.5, 0.6) is 5.75 Å². The molecule has 0 fully saturated rings. The third-order valence-electron chi connectivity index (χ3n) is 6.32. The second-order valence-electron chi connectivity index (χ2n) is 8.33. The Morgan fingerprint density at radius 2 is 1.54 bits per heavy atom. The van der Waals surface area contributed by atoms with E-state index in [-0.39, 0.29) is 23.2 Å². The first-order valence-corrected chi connectivity index (χ1v) is 11.6. The van der Waals surface area contributed by atoms with Gasteiger partial charge in [-0.15, -0.1) is 0 Å². The van der Waals surface area contributed by atoms with Crippen LogP contribution in [0.2, 0.25) is 0 Å². The fourth-order valence-corrected chi connectivity index (χ4v) is 4.53. The molecule has 39 heavy (non-hydrogen) atoms. The van der Waals surface area contributed by atoms with Crippen LogP contribution < -0.4 is 16.0 Å². The largest absolute Gasteiger partial charge is 0.495 e. The summed E-state index contributed by atoms with van der Waals surface area (Å²) in [5, 5.41) is 0. The number of ether oxygens (including phenoxy) is 3. The van der Waals surface area contributed by atoms with Crippen LogP contribution in [0.4, 0.5) is 4.39 Å². The lowest BCUT2D eigenvalue weighted by molar-refractivity contribution is -0.122. The van der Waals surface area contributed by atoms with E-state index in [1.54, 1.807) is 47.2 Å². The number of methoxy groups -OCH3 is 3. The number of para-hydroxylation sites is 2. The zero-order valence-corrected chi connectivity index (χ0v) is 21.0. The number of hydrogen-bond donors (Lipinski definition) is 0. The molecule has 0 aliphatic rings. The number of aldehydes is 2. The molecule has 0 aliphatic heterocycles. The smallest absolute Gasteiger partial charge is 0.337 e. The van der Waals surface area contributed by atoms with Gasteiger partial charge < -0.3 is 14.2 Å². The molecule has 0 radical (unpaired) electrons. The number of nitrogens with zero attached hydrogens (tertiary/aromatic N) is 5. The summed E-state index contributed by atoms with van der Waals surface area (Å²) >= 11 is 0. The first-order chi connectivity index (χ1) is 18.9. The van der Waals surface area contributed by atoms with Gasteiger partial charge >= 0.3 is 5.69 Å². The molecular formula is C26H22FN5O7. The lowest BCUT2D eigenvalue weighted by atomic mass is 10.1. The highest BCUT2D eigenvalue weighted by molar-refractivity contribution is 5.81. The van der Waals surface area contributed by atoms with E-state index in [1.165, 1.54) is 30.8 Å². The van der Waals surface area contributed by atoms with E-state index in [2.05, 4.69) is 4.98 Å². The van der Waals surface area contributed by atoms with Crippen molar-refractivity contribution in [3.63, 3.8) is 0 Å². The summed E-state index contributed by atoms with van der Waals surface area (Å²) in [5.74, 6) is 0.191. The molecule has 3 heterocycles. The number of fused-ring (bicyclic) bond motifs is 3. The topological polar surface area (TPSA) is 128 Å². The van der Waals surface area contributed by atoms with Crippen LogP contribution in [0.25, 0.3) is 33.9 Å². The number of benzene rings is 2. The van der Waals surface area contributed by atoms with Crippen LogP contribution in [0.15, 0.2) is 64.3 Å². The van der Waals surface area contributed by atoms with Crippen molar-refractivity contribution in [2.75, 3.05) is 21.3 Å². The molecule has 0 amide bonds. The first kappa shape index (κ1) is 25.8. The molecule has 0 aliphatic carbocycles. The number of hydrogen-bond acceptors (Lipinski definition) is 8. The fraction of sp³-hybridized carbons (Fsp3) is 0.192. The molecule has 0 N–H and O–H groups in total. The highest BCUT2D eigenvalue weighted by Gasteiger charge is 2.29. The molecule has 2 aromatic carbocycles. The minimum atomic E-state index is -1.58. The van der Waals surface area contributed by atoms with E-state index in [9.17, 15) is 23.6 Å². The Morgan fingerprint density at radius 3 is 2.15 bits per heavy atom. The average molecular weight is 535 g/mol. The number of carbonyl (C=O) groups is 2. The van der Waals surface area contributed by atoms with Crippen LogP contribution in [0, 0.1) is 5.82 Å². The molecule has 2 atom stereocenters. The van der Waals surface area contributed by atoms with Crippen molar-refractivity contribution < 1.29 is 28.2 Å². The van der Waals surface area contributed by atoms with Crippen molar-refractivity contribution in [1.29, 1.82) is 0 Å². The minimum absolute atomic E-state index is 0.130. The number of carbonyl (C=O) groups excluding carboxylic acids is 2. The number of aromatic nitrogens is 5. The summed E-state index contributed by atoms with van der Waals surface area (Å²) in [4.78, 5) is 55.4. The van der Waals surface area contributed by atoms with E-state index in [4.69, 9.17) is 14.2 Å². The van der Waals surface area contributed by atoms with Gasteiger partial charge in [0, 0.05) is 26.0 Å². The molecule has 0 bridgehead atoms. The Balaban J connectivity index is 2.01. The Kier molecular flexibility index (Phi) is 6.68. The maximum atomic E-state index is 13.8. The summed E-state index contributed by atoms with van der Waals surface area (Å²) in [6.07, 6.45) is -0.823. The fourth-order valence-electron chi connectivity index (χ4n) is 4.53. The van der Waals surface area contributed by atoms with Gasteiger partial charge in [-0.3, -0.25) is 23.4 Å². The predicted octanol–water partition coefficient (Wildman–Crippen LogP) is 2.10. The van der Waals surface area contributed by atoms with E-state index < -0.39 is 29.5 Å². The second kappa shape index (κ2) is 10.1. The van der Waals surface area contributed by atoms with Gasteiger partial charge in [0.2, 0.25) is 5.78 Å². The zero-order chi connectivity index (χ0) is 27.8. The molecule has 5 aromatic rings. The molecule has 13 heteroatoms. The van der Waals surface area contributed by atoms with Crippen molar-refractivity contribution >= 4 is 29.5 Å². The lowest BCUT2D eigenvalue weighted by Gasteiger charge is -2.17. The average Bonchev–Trinajstić information content (AvgIpc) is 3.50. The monoisotopic (exact) mass is 535 g/mol. The van der Waals surface area contributed by atoms with Crippen molar-refractivity contribution in [2.45, 2.75) is 12.5 Å². The molecular weight excluding hydrogens is 513 g/mol. The maximum absolute atomic E-state index is 13.8. The number of rotatable bonds is 9. The molecule has 0 spiro atoms. The van der Waals surface area contributed by atoms with Gasteiger partial charge in [0.05, 0.1) is 18.5 Å². The molecule has 0 saturated heterocycles. The third kappa shape index (κ3) is 3.95. The van der Waals surface area contributed by atoms with Gasteiger partial charge in [-0.25, -0.2) is 18.3 Å². The summed E-state index contributed by atoms with van der Waals surface area (Å²) in [6, 6.07) is 12.7. The van der Waals surface area contributed by atoms with Gasteiger partial charge in [0.15, 0.2) is 36.2 Å². The summed E-state index contributed by atoms with van der Waals surface area (Å²) in [6.45, 7) is 0. The maximum Gasteiger partial charge on any atom is 0.337 e. The molecule has 2 unspecified atom stereocenters. The summed E-state index contributed by atoms with van der Waals surface area (Å²) in [5.41, 5.74) is -0.597. The Labute approximate surface area is 219 Å². The minimum Gasteiger partial charge on any atom is -0.495 e. The lowest BCUT2D eigenvalue weighted by Crippen LogP contribution is -2.45. The Morgan fingerprint density at radius 1 is 0.897 bits per heavy atom. The zero-order valence-electron chi connectivity index (χ0n) is 21.0. The van der Waals surface area contributed by atoms with Gasteiger partial charge in [-0.1, -0.05) is 12.1 Å². The van der Waals surface area contributed by atoms with Crippen LogP contribution in [0.1, 0.15) is 12.5 Å². The van der Waals surface area contributed by atoms with Gasteiger partial charge in [-0.05, 0) is 36.4 Å². The van der Waals surface area contributed by atoms with Crippen LogP contribution in [-0.4, -0.2) is 57.0 Å². The molecule has 12 nitrogen and oxygen atoms in total. The Bertz CT molecular complexity index is 1830. The van der Waals surface area contributed by atoms with Gasteiger partial charge in [0.25, 0.3) is 5.56 Å². The van der Waals surface area contributed by atoms with Gasteiger partial charge in [0.1, 0.15) is 11.6 Å². The summed E-state index contributed by atoms with van der Waals surface area (Å²) < 4.78 is 34.1. The van der Waals surface area contributed by atoms with Crippen LogP contribution in [-0.2, 0) is 19.1 Å². The van der Waals surface area contributed by atoms with Crippen molar-refractivity contribution in [3.8, 4) is 22.7 Å². The quantitative estimate of drug-likeness (QED) is 0.263. The van der Waals surface area contributed by atoms with Crippen LogP contribution in [0.3, 0.4) is 0 Å². The van der Waals surface area contributed by atoms with E-state index in [1.807, 2.05) is 0 Å². The highest BCUT2D eigenvalue weighted by atomic mass is 19.1. The first-order valence-electron chi connectivity index (χ1n) is 11.6. The van der Waals surface area contributed by atoms with E-state index >= 15 is 0 Å².